The topological polar surface area (TPSA) is 55.4 Å². The van der Waals surface area contributed by atoms with E-state index in [1.807, 2.05) is 24.3 Å². The summed E-state index contributed by atoms with van der Waals surface area (Å²) >= 11 is 0. The van der Waals surface area contributed by atoms with Gasteiger partial charge in [0, 0.05) is 24.1 Å². The Bertz CT molecular complexity index is 540. The molecule has 2 atom stereocenters. The monoisotopic (exact) mass is 259 g/mol. The Morgan fingerprint density at radius 2 is 2.16 bits per heavy atom. The van der Waals surface area contributed by atoms with E-state index in [1.54, 1.807) is 0 Å². The number of benzene rings is 1. The van der Waals surface area contributed by atoms with Crippen LogP contribution in [0.25, 0.3) is 0 Å². The van der Waals surface area contributed by atoms with Crippen LogP contribution in [0.1, 0.15) is 38.2 Å². The lowest BCUT2D eigenvalue weighted by Gasteiger charge is -2.36. The highest BCUT2D eigenvalue weighted by atomic mass is 16.5. The van der Waals surface area contributed by atoms with Crippen molar-refractivity contribution in [2.45, 2.75) is 44.3 Å². The first kappa shape index (κ1) is 12.4. The van der Waals surface area contributed by atoms with Gasteiger partial charge in [-0.3, -0.25) is 9.59 Å². The van der Waals surface area contributed by atoms with Crippen molar-refractivity contribution in [1.29, 1.82) is 0 Å². The Hall–Kier alpha value is -1.68. The van der Waals surface area contributed by atoms with Crippen molar-refractivity contribution in [2.75, 3.05) is 5.32 Å². The number of nitrogens with one attached hydrogen (secondary N) is 1. The number of hydrogen-bond acceptors (Lipinski definition) is 3. The van der Waals surface area contributed by atoms with Crippen LogP contribution in [0, 0.1) is 0 Å². The zero-order valence-corrected chi connectivity index (χ0v) is 10.9. The van der Waals surface area contributed by atoms with E-state index in [1.165, 1.54) is 0 Å². The second-order valence-electron chi connectivity index (χ2n) is 5.27. The van der Waals surface area contributed by atoms with Gasteiger partial charge in [-0.1, -0.05) is 31.5 Å². The summed E-state index contributed by atoms with van der Waals surface area (Å²) in [5.74, 6) is -0.0978. The molecule has 4 heteroatoms. The minimum absolute atomic E-state index is 0.108. The van der Waals surface area contributed by atoms with Crippen molar-refractivity contribution in [3.05, 3.63) is 29.8 Å². The molecule has 100 valence electrons. The average molecular weight is 259 g/mol. The van der Waals surface area contributed by atoms with Crippen LogP contribution in [0.5, 0.6) is 0 Å². The first-order valence-electron chi connectivity index (χ1n) is 6.76. The molecular formula is C15H17NO3. The number of Topliss-reactive ketones (excluding diaryl/α,β-unsaturated/α-hetero) is 1. The Kier molecular flexibility index (Phi) is 2.90. The fraction of sp³-hybridized carbons (Fsp3) is 0.467. The van der Waals surface area contributed by atoms with Gasteiger partial charge in [-0.05, 0) is 12.5 Å². The smallest absolute Gasteiger partial charge is 0.261 e. The summed E-state index contributed by atoms with van der Waals surface area (Å²) in [7, 11) is 0. The summed E-state index contributed by atoms with van der Waals surface area (Å²) in [4.78, 5) is 24.3. The molecule has 2 aliphatic rings. The van der Waals surface area contributed by atoms with Crippen LogP contribution in [0.4, 0.5) is 5.69 Å². The van der Waals surface area contributed by atoms with Gasteiger partial charge in [-0.2, -0.15) is 0 Å². The first-order valence-corrected chi connectivity index (χ1v) is 6.76. The SMILES string of the molecule is CCC[C@@H]1CC(=O)C[C@@]2(O1)C(=O)Nc1ccccc12. The van der Waals surface area contributed by atoms with Gasteiger partial charge < -0.3 is 10.1 Å². The number of ketones is 1. The van der Waals surface area contributed by atoms with Crippen molar-refractivity contribution in [3.63, 3.8) is 0 Å². The lowest BCUT2D eigenvalue weighted by Crippen LogP contribution is -2.46. The van der Waals surface area contributed by atoms with Crippen LogP contribution in [-0.2, 0) is 19.9 Å². The third-order valence-electron chi connectivity index (χ3n) is 3.86. The molecule has 19 heavy (non-hydrogen) atoms. The molecule has 2 heterocycles. The Morgan fingerprint density at radius 3 is 2.95 bits per heavy atom. The summed E-state index contributed by atoms with van der Waals surface area (Å²) < 4.78 is 6.05. The summed E-state index contributed by atoms with van der Waals surface area (Å²) in [5, 5.41) is 2.82. The number of carbonyl (C=O) groups excluding carboxylic acids is 2. The number of amides is 1. The lowest BCUT2D eigenvalue weighted by molar-refractivity contribution is -0.170. The van der Waals surface area contributed by atoms with Crippen LogP contribution in [-0.4, -0.2) is 17.8 Å². The standard InChI is InChI=1S/C15H17NO3/c1-2-5-11-8-10(17)9-15(19-11)12-6-3-4-7-13(12)16-14(15)18/h3-4,6-7,11H,2,5,8-9H2,1H3,(H,16,18)/t11-,15+/m1/s1. The summed E-state index contributed by atoms with van der Waals surface area (Å²) in [5.41, 5.74) is 0.470. The van der Waals surface area contributed by atoms with Crippen LogP contribution >= 0.6 is 0 Å². The van der Waals surface area contributed by atoms with E-state index in [9.17, 15) is 9.59 Å². The fourth-order valence-corrected chi connectivity index (χ4v) is 3.04. The van der Waals surface area contributed by atoms with E-state index in [0.29, 0.717) is 6.42 Å². The van der Waals surface area contributed by atoms with Gasteiger partial charge in [0.15, 0.2) is 5.60 Å². The first-order chi connectivity index (χ1) is 9.15. The van der Waals surface area contributed by atoms with E-state index >= 15 is 0 Å². The van der Waals surface area contributed by atoms with Crippen molar-refractivity contribution in [2.24, 2.45) is 0 Å². The van der Waals surface area contributed by atoms with Gasteiger partial charge >= 0.3 is 0 Å². The highest BCUT2D eigenvalue weighted by Gasteiger charge is 2.53. The zero-order valence-electron chi connectivity index (χ0n) is 10.9. The lowest BCUT2D eigenvalue weighted by atomic mass is 9.84. The van der Waals surface area contributed by atoms with E-state index in [0.717, 1.165) is 24.1 Å². The number of hydrogen-bond donors (Lipinski definition) is 1. The van der Waals surface area contributed by atoms with E-state index in [4.69, 9.17) is 4.74 Å². The highest BCUT2D eigenvalue weighted by molar-refractivity contribution is 6.07. The van der Waals surface area contributed by atoms with Crippen molar-refractivity contribution in [1.82, 2.24) is 0 Å². The molecule has 1 aromatic rings. The van der Waals surface area contributed by atoms with Gasteiger partial charge in [-0.15, -0.1) is 0 Å². The summed E-state index contributed by atoms with van der Waals surface area (Å²) in [6.07, 6.45) is 2.17. The molecule has 1 aromatic carbocycles. The third kappa shape index (κ3) is 1.87. The van der Waals surface area contributed by atoms with Crippen LogP contribution in [0.15, 0.2) is 24.3 Å². The van der Waals surface area contributed by atoms with Crippen molar-refractivity contribution < 1.29 is 14.3 Å². The fourth-order valence-electron chi connectivity index (χ4n) is 3.04. The van der Waals surface area contributed by atoms with Gasteiger partial charge in [0.25, 0.3) is 5.91 Å². The molecule has 1 spiro atoms. The maximum absolute atomic E-state index is 12.3. The highest BCUT2D eigenvalue weighted by Crippen LogP contribution is 2.45. The molecule has 3 rings (SSSR count). The molecule has 1 amide bonds. The molecule has 0 bridgehead atoms. The van der Waals surface area contributed by atoms with Crippen LogP contribution in [0.2, 0.25) is 0 Å². The third-order valence-corrected chi connectivity index (χ3v) is 3.86. The largest absolute Gasteiger partial charge is 0.356 e. The molecule has 0 radical (unpaired) electrons. The summed E-state index contributed by atoms with van der Waals surface area (Å²) in [6, 6.07) is 7.46. The summed E-state index contributed by atoms with van der Waals surface area (Å²) in [6.45, 7) is 2.05. The number of anilines is 1. The number of para-hydroxylation sites is 1. The second kappa shape index (κ2) is 4.46. The number of ether oxygens (including phenoxy) is 1. The van der Waals surface area contributed by atoms with Crippen molar-refractivity contribution >= 4 is 17.4 Å². The number of carbonyl (C=O) groups is 2. The molecule has 0 aliphatic carbocycles. The molecule has 0 unspecified atom stereocenters. The van der Waals surface area contributed by atoms with Gasteiger partial charge in [0.05, 0.1) is 6.10 Å². The van der Waals surface area contributed by atoms with E-state index < -0.39 is 5.60 Å². The Labute approximate surface area is 112 Å². The normalized spacial score (nSPS) is 29.4. The predicted octanol–water partition coefficient (Wildman–Crippen LogP) is 2.38. The van der Waals surface area contributed by atoms with E-state index in [2.05, 4.69) is 12.2 Å². The second-order valence-corrected chi connectivity index (χ2v) is 5.27. The maximum atomic E-state index is 12.3. The molecule has 1 fully saturated rings. The quantitative estimate of drug-likeness (QED) is 0.887. The van der Waals surface area contributed by atoms with Gasteiger partial charge in [-0.25, -0.2) is 0 Å². The predicted molar refractivity (Wildman–Crippen MR) is 70.8 cm³/mol. The minimum atomic E-state index is -1.09. The maximum Gasteiger partial charge on any atom is 0.261 e. The minimum Gasteiger partial charge on any atom is -0.356 e. The Balaban J connectivity index is 2.02. The zero-order chi connectivity index (χ0) is 13.5. The van der Waals surface area contributed by atoms with Crippen LogP contribution in [0.3, 0.4) is 0 Å². The van der Waals surface area contributed by atoms with Crippen LogP contribution < -0.4 is 5.32 Å². The number of rotatable bonds is 2. The van der Waals surface area contributed by atoms with E-state index in [-0.39, 0.29) is 24.2 Å². The molecular weight excluding hydrogens is 242 g/mol. The van der Waals surface area contributed by atoms with Gasteiger partial charge in [0.2, 0.25) is 0 Å². The number of fused-ring (bicyclic) bond motifs is 2. The molecule has 1 N–H and O–H groups in total. The van der Waals surface area contributed by atoms with Gasteiger partial charge in [0.1, 0.15) is 5.78 Å². The molecule has 0 aromatic heterocycles. The molecule has 4 nitrogen and oxygen atoms in total. The molecule has 2 aliphatic heterocycles. The van der Waals surface area contributed by atoms with Crippen molar-refractivity contribution in [3.8, 4) is 0 Å². The Morgan fingerprint density at radius 1 is 1.37 bits per heavy atom. The molecule has 1 saturated heterocycles. The average Bonchev–Trinajstić information content (AvgIpc) is 2.62. The molecule has 0 saturated carbocycles.